The van der Waals surface area contributed by atoms with E-state index in [0.29, 0.717) is 23.3 Å². The van der Waals surface area contributed by atoms with Gasteiger partial charge in [0.15, 0.2) is 5.13 Å². The van der Waals surface area contributed by atoms with Crippen LogP contribution in [-0.4, -0.2) is 21.8 Å². The van der Waals surface area contributed by atoms with Gasteiger partial charge in [-0.25, -0.2) is 4.98 Å². The minimum atomic E-state index is -0.0220. The highest BCUT2D eigenvalue weighted by Gasteiger charge is 2.35. The first-order valence-electron chi connectivity index (χ1n) is 7.21. The molecule has 1 amide bonds. The van der Waals surface area contributed by atoms with Crippen LogP contribution in [0.3, 0.4) is 0 Å². The predicted molar refractivity (Wildman–Crippen MR) is 85.0 cm³/mol. The summed E-state index contributed by atoms with van der Waals surface area (Å²) >= 11 is 1.31. The van der Waals surface area contributed by atoms with Crippen LogP contribution in [0.5, 0.6) is 0 Å². The van der Waals surface area contributed by atoms with Crippen molar-refractivity contribution in [3.8, 4) is 0 Å². The minimum absolute atomic E-state index is 0.0220. The average molecular weight is 301 g/mol. The van der Waals surface area contributed by atoms with Crippen LogP contribution in [0.25, 0.3) is 0 Å². The van der Waals surface area contributed by atoms with E-state index in [0.717, 1.165) is 5.56 Å². The molecule has 0 saturated heterocycles. The molecule has 110 valence electrons. The maximum atomic E-state index is 12.8. The number of benzene rings is 1. The number of nitrogens with zero attached hydrogens (tertiary/aromatic N) is 2. The van der Waals surface area contributed by atoms with Crippen molar-refractivity contribution >= 4 is 22.4 Å². The Morgan fingerprint density at radius 2 is 2.14 bits per heavy atom. The van der Waals surface area contributed by atoms with Crippen LogP contribution in [0, 0.1) is 5.92 Å². The Morgan fingerprint density at radius 3 is 2.71 bits per heavy atom. The van der Waals surface area contributed by atoms with Crippen molar-refractivity contribution in [3.05, 3.63) is 47.0 Å². The number of nitrogens with two attached hydrogens (primary N) is 1. The maximum absolute atomic E-state index is 12.8. The second-order valence-electron chi connectivity index (χ2n) is 5.57. The third-order valence-corrected chi connectivity index (χ3v) is 4.67. The molecule has 1 heterocycles. The number of thiazole rings is 1. The normalized spacial score (nSPS) is 15.7. The minimum Gasteiger partial charge on any atom is -0.375 e. The topological polar surface area (TPSA) is 59.2 Å². The Hall–Kier alpha value is -1.88. The van der Waals surface area contributed by atoms with Crippen LogP contribution in [0.4, 0.5) is 5.13 Å². The molecule has 1 fully saturated rings. The zero-order chi connectivity index (χ0) is 14.8. The van der Waals surface area contributed by atoms with Crippen molar-refractivity contribution in [2.24, 2.45) is 5.92 Å². The summed E-state index contributed by atoms with van der Waals surface area (Å²) in [5.74, 6) is 0.597. The van der Waals surface area contributed by atoms with E-state index in [1.807, 2.05) is 23.1 Å². The van der Waals surface area contributed by atoms with Crippen molar-refractivity contribution in [1.29, 1.82) is 0 Å². The zero-order valence-corrected chi connectivity index (χ0v) is 12.8. The van der Waals surface area contributed by atoms with E-state index in [9.17, 15) is 4.79 Å². The number of carbonyl (C=O) groups excluding carboxylic acids is 1. The summed E-state index contributed by atoms with van der Waals surface area (Å²) in [6, 6.07) is 10.3. The highest BCUT2D eigenvalue weighted by Crippen LogP contribution is 2.36. The van der Waals surface area contributed by atoms with Crippen LogP contribution >= 0.6 is 11.3 Å². The van der Waals surface area contributed by atoms with Gasteiger partial charge in [-0.1, -0.05) is 30.3 Å². The number of carbonyl (C=O) groups is 1. The van der Waals surface area contributed by atoms with E-state index in [-0.39, 0.29) is 11.9 Å². The van der Waals surface area contributed by atoms with Gasteiger partial charge in [0, 0.05) is 18.0 Å². The molecular formula is C16H19N3OS. The Balaban J connectivity index is 1.83. The fourth-order valence-electron chi connectivity index (χ4n) is 2.55. The lowest BCUT2D eigenvalue weighted by Gasteiger charge is -2.29. The number of anilines is 1. The molecule has 5 heteroatoms. The number of hydrogen-bond acceptors (Lipinski definition) is 4. The van der Waals surface area contributed by atoms with Crippen molar-refractivity contribution in [2.45, 2.75) is 32.4 Å². The monoisotopic (exact) mass is 301 g/mol. The first kappa shape index (κ1) is 14.1. The second-order valence-corrected chi connectivity index (χ2v) is 6.46. The van der Waals surface area contributed by atoms with Crippen LogP contribution in [0.2, 0.25) is 0 Å². The quantitative estimate of drug-likeness (QED) is 0.922. The Bertz CT molecular complexity index is 621. The van der Waals surface area contributed by atoms with Gasteiger partial charge in [-0.15, -0.1) is 11.3 Å². The molecule has 1 aromatic heterocycles. The molecule has 1 aromatic carbocycles. The summed E-state index contributed by atoms with van der Waals surface area (Å²) < 4.78 is 0. The molecule has 2 aromatic rings. The first-order valence-corrected chi connectivity index (χ1v) is 8.09. The van der Waals surface area contributed by atoms with Gasteiger partial charge in [0.2, 0.25) is 0 Å². The highest BCUT2D eigenvalue weighted by molar-refractivity contribution is 7.13. The third kappa shape index (κ3) is 3.24. The zero-order valence-electron chi connectivity index (χ0n) is 12.0. The molecule has 0 radical (unpaired) electrons. The molecule has 1 unspecified atom stereocenters. The Kier molecular flexibility index (Phi) is 3.92. The number of nitrogen functional groups attached to an aromatic ring is 1. The molecule has 1 saturated carbocycles. The summed E-state index contributed by atoms with van der Waals surface area (Å²) in [6.07, 6.45) is 2.41. The molecule has 0 bridgehead atoms. The van der Waals surface area contributed by atoms with Crippen molar-refractivity contribution < 1.29 is 4.79 Å². The lowest BCUT2D eigenvalue weighted by Crippen LogP contribution is -2.39. The number of amides is 1. The van der Waals surface area contributed by atoms with Gasteiger partial charge in [-0.05, 0) is 31.2 Å². The molecule has 2 N–H and O–H groups in total. The summed E-state index contributed by atoms with van der Waals surface area (Å²) in [5.41, 5.74) is 7.25. The van der Waals surface area contributed by atoms with E-state index in [1.165, 1.54) is 24.2 Å². The van der Waals surface area contributed by atoms with Crippen LogP contribution in [0.1, 0.15) is 35.8 Å². The molecular weight excluding hydrogens is 282 g/mol. The standard InChI is InChI=1S/C16H19N3OS/c1-11(13-7-8-13)19(9-12-5-3-2-4-6-12)15(20)14-10-21-16(17)18-14/h2-6,10-11,13H,7-9H2,1H3,(H2,17,18). The molecule has 3 rings (SSSR count). The van der Waals surface area contributed by atoms with Crippen LogP contribution in [0.15, 0.2) is 35.7 Å². The number of rotatable bonds is 5. The average Bonchev–Trinajstić information content (AvgIpc) is 3.26. The summed E-state index contributed by atoms with van der Waals surface area (Å²) in [7, 11) is 0. The fraction of sp³-hybridized carbons (Fsp3) is 0.375. The number of aromatic nitrogens is 1. The summed E-state index contributed by atoms with van der Waals surface area (Å²) in [5, 5.41) is 2.19. The summed E-state index contributed by atoms with van der Waals surface area (Å²) in [4.78, 5) is 18.8. The van der Waals surface area contributed by atoms with Gasteiger partial charge in [-0.2, -0.15) is 0 Å². The van der Waals surface area contributed by atoms with Gasteiger partial charge in [0.25, 0.3) is 5.91 Å². The molecule has 1 aliphatic carbocycles. The largest absolute Gasteiger partial charge is 0.375 e. The van der Waals surface area contributed by atoms with Crippen molar-refractivity contribution in [1.82, 2.24) is 9.88 Å². The molecule has 4 nitrogen and oxygen atoms in total. The van der Waals surface area contributed by atoms with Crippen molar-refractivity contribution in [3.63, 3.8) is 0 Å². The maximum Gasteiger partial charge on any atom is 0.273 e. The highest BCUT2D eigenvalue weighted by atomic mass is 32.1. The first-order chi connectivity index (χ1) is 10.1. The molecule has 0 spiro atoms. The van der Waals surface area contributed by atoms with E-state index < -0.39 is 0 Å². The smallest absolute Gasteiger partial charge is 0.273 e. The van der Waals surface area contributed by atoms with Gasteiger partial charge in [-0.3, -0.25) is 4.79 Å². The predicted octanol–water partition coefficient (Wildman–Crippen LogP) is 3.17. The van der Waals surface area contributed by atoms with Gasteiger partial charge >= 0.3 is 0 Å². The fourth-order valence-corrected chi connectivity index (χ4v) is 3.08. The second kappa shape index (κ2) is 5.85. The molecule has 21 heavy (non-hydrogen) atoms. The van der Waals surface area contributed by atoms with E-state index in [2.05, 4.69) is 24.0 Å². The van der Waals surface area contributed by atoms with Crippen molar-refractivity contribution in [2.75, 3.05) is 5.73 Å². The third-order valence-electron chi connectivity index (χ3n) is 3.99. The molecule has 0 aliphatic heterocycles. The summed E-state index contributed by atoms with van der Waals surface area (Å²) in [6.45, 7) is 2.75. The Labute approximate surface area is 128 Å². The molecule has 1 aliphatic rings. The molecule has 1 atom stereocenters. The number of hydrogen-bond donors (Lipinski definition) is 1. The Morgan fingerprint density at radius 1 is 1.43 bits per heavy atom. The van der Waals surface area contributed by atoms with Crippen LogP contribution < -0.4 is 5.73 Å². The van der Waals surface area contributed by atoms with E-state index >= 15 is 0 Å². The van der Waals surface area contributed by atoms with Crippen LogP contribution in [-0.2, 0) is 6.54 Å². The lowest BCUT2D eigenvalue weighted by molar-refractivity contribution is 0.0649. The van der Waals surface area contributed by atoms with E-state index in [1.54, 1.807) is 5.38 Å². The SMILES string of the molecule is CC(C1CC1)N(Cc1ccccc1)C(=O)c1csc(N)n1. The van der Waals surface area contributed by atoms with Gasteiger partial charge in [0.05, 0.1) is 0 Å². The van der Waals surface area contributed by atoms with E-state index in [4.69, 9.17) is 5.73 Å². The lowest BCUT2D eigenvalue weighted by atomic mass is 10.1. The van der Waals surface area contributed by atoms with Gasteiger partial charge < -0.3 is 10.6 Å². The van der Waals surface area contributed by atoms with Gasteiger partial charge in [0.1, 0.15) is 5.69 Å².